The van der Waals surface area contributed by atoms with Crippen LogP contribution in [0, 0.1) is 6.92 Å². The number of nitrogens with one attached hydrogen (secondary N) is 2. The van der Waals surface area contributed by atoms with Gasteiger partial charge in [0.05, 0.1) is 11.9 Å². The second kappa shape index (κ2) is 7.81. The van der Waals surface area contributed by atoms with Gasteiger partial charge in [-0.25, -0.2) is 8.42 Å². The van der Waals surface area contributed by atoms with E-state index in [1.807, 2.05) is 6.92 Å². The molecule has 2 N–H and O–H groups in total. The predicted molar refractivity (Wildman–Crippen MR) is 93.2 cm³/mol. The molecule has 0 aromatic heterocycles. The van der Waals surface area contributed by atoms with Crippen molar-refractivity contribution in [3.8, 4) is 0 Å². The van der Waals surface area contributed by atoms with Crippen LogP contribution in [-0.4, -0.2) is 26.6 Å². The van der Waals surface area contributed by atoms with Gasteiger partial charge in [0.1, 0.15) is 0 Å². The van der Waals surface area contributed by atoms with Crippen LogP contribution in [0.4, 0.5) is 5.69 Å². The third kappa shape index (κ3) is 5.86. The fourth-order valence-corrected chi connectivity index (χ4v) is 3.56. The van der Waals surface area contributed by atoms with Gasteiger partial charge in [-0.15, -0.1) is 0 Å². The lowest BCUT2D eigenvalue weighted by Gasteiger charge is -2.21. The lowest BCUT2D eigenvalue weighted by molar-refractivity contribution is 0.0930. The Balaban J connectivity index is 2.07. The van der Waals surface area contributed by atoms with Gasteiger partial charge in [-0.05, 0) is 37.5 Å². The minimum atomic E-state index is -3.36. The Morgan fingerprint density at radius 2 is 1.70 bits per heavy atom. The molecule has 5 nitrogen and oxygen atoms in total. The molecule has 6 heteroatoms. The maximum atomic E-state index is 12.5. The van der Waals surface area contributed by atoms with Crippen molar-refractivity contribution < 1.29 is 13.2 Å². The number of benzene rings is 1. The molecule has 1 aromatic carbocycles. The highest BCUT2D eigenvalue weighted by Gasteiger charge is 2.16. The summed E-state index contributed by atoms with van der Waals surface area (Å²) in [7, 11) is -3.36. The Kier molecular flexibility index (Phi) is 6.04. The van der Waals surface area contributed by atoms with E-state index >= 15 is 0 Å². The molecular weight excluding hydrogens is 312 g/mol. The summed E-state index contributed by atoms with van der Waals surface area (Å²) in [6, 6.07) is 5.33. The monoisotopic (exact) mass is 338 g/mol. The number of carbonyl (C=O) groups excluding carboxylic acids is 1. The molecule has 1 aliphatic rings. The third-order valence-electron chi connectivity index (χ3n) is 4.24. The molecule has 1 aliphatic carbocycles. The van der Waals surface area contributed by atoms with Crippen LogP contribution in [0.1, 0.15) is 60.9 Å². The number of hydrogen-bond donors (Lipinski definition) is 2. The van der Waals surface area contributed by atoms with Gasteiger partial charge in [0.2, 0.25) is 10.0 Å². The molecule has 1 amide bonds. The Labute approximate surface area is 138 Å². The zero-order valence-corrected chi connectivity index (χ0v) is 14.7. The van der Waals surface area contributed by atoms with Crippen molar-refractivity contribution in [2.45, 2.75) is 57.9 Å². The maximum absolute atomic E-state index is 12.5. The summed E-state index contributed by atoms with van der Waals surface area (Å²) < 4.78 is 25.3. The highest BCUT2D eigenvalue weighted by atomic mass is 32.2. The molecule has 2 rings (SSSR count). The average molecular weight is 338 g/mol. The fraction of sp³-hybridized carbons (Fsp3) is 0.588. The largest absolute Gasteiger partial charge is 0.349 e. The lowest BCUT2D eigenvalue weighted by atomic mass is 9.96. The molecule has 0 radical (unpaired) electrons. The molecule has 0 unspecified atom stereocenters. The van der Waals surface area contributed by atoms with Crippen LogP contribution in [0.3, 0.4) is 0 Å². The minimum Gasteiger partial charge on any atom is -0.349 e. The van der Waals surface area contributed by atoms with Gasteiger partial charge in [0.25, 0.3) is 5.91 Å². The third-order valence-corrected chi connectivity index (χ3v) is 4.83. The zero-order valence-electron chi connectivity index (χ0n) is 13.9. The number of sulfonamides is 1. The Hall–Kier alpha value is -1.56. The highest BCUT2D eigenvalue weighted by Crippen LogP contribution is 2.20. The van der Waals surface area contributed by atoms with Gasteiger partial charge in [-0.3, -0.25) is 9.52 Å². The Morgan fingerprint density at radius 1 is 1.09 bits per heavy atom. The molecule has 128 valence electrons. The first-order valence-corrected chi connectivity index (χ1v) is 10.1. The summed E-state index contributed by atoms with van der Waals surface area (Å²) in [5.74, 6) is -0.132. The van der Waals surface area contributed by atoms with Crippen LogP contribution in [0.15, 0.2) is 18.2 Å². The summed E-state index contributed by atoms with van der Waals surface area (Å²) in [5, 5.41) is 3.10. The van der Waals surface area contributed by atoms with Crippen molar-refractivity contribution in [3.63, 3.8) is 0 Å². The number of rotatable bonds is 4. The van der Waals surface area contributed by atoms with E-state index < -0.39 is 10.0 Å². The number of anilines is 1. The van der Waals surface area contributed by atoms with Crippen molar-refractivity contribution in [2.75, 3.05) is 11.0 Å². The van der Waals surface area contributed by atoms with E-state index in [1.54, 1.807) is 18.2 Å². The second-order valence-electron chi connectivity index (χ2n) is 6.42. The fourth-order valence-electron chi connectivity index (χ4n) is 2.94. The first-order chi connectivity index (χ1) is 10.8. The molecule has 23 heavy (non-hydrogen) atoms. The minimum absolute atomic E-state index is 0.132. The number of hydrogen-bond acceptors (Lipinski definition) is 3. The van der Waals surface area contributed by atoms with Crippen LogP contribution in [0.25, 0.3) is 0 Å². The van der Waals surface area contributed by atoms with Gasteiger partial charge >= 0.3 is 0 Å². The van der Waals surface area contributed by atoms with Crippen LogP contribution in [-0.2, 0) is 10.0 Å². The molecule has 1 aromatic rings. The zero-order chi connectivity index (χ0) is 16.9. The SMILES string of the molecule is Cc1ccc(C(=O)NC2CCCCCCC2)cc1NS(C)(=O)=O. The summed E-state index contributed by atoms with van der Waals surface area (Å²) in [5.41, 5.74) is 1.74. The van der Waals surface area contributed by atoms with E-state index in [4.69, 9.17) is 0 Å². The van der Waals surface area contributed by atoms with Crippen LogP contribution < -0.4 is 10.0 Å². The van der Waals surface area contributed by atoms with Gasteiger partial charge in [-0.1, -0.05) is 38.2 Å². The summed E-state index contributed by atoms with van der Waals surface area (Å²) in [6.07, 6.45) is 9.21. The van der Waals surface area contributed by atoms with Crippen molar-refractivity contribution >= 4 is 21.6 Å². The molecule has 0 saturated heterocycles. The molecule has 0 aliphatic heterocycles. The number of carbonyl (C=O) groups is 1. The van der Waals surface area contributed by atoms with Crippen LogP contribution in [0.2, 0.25) is 0 Å². The van der Waals surface area contributed by atoms with Gasteiger partial charge < -0.3 is 5.32 Å². The van der Waals surface area contributed by atoms with E-state index in [0.29, 0.717) is 11.3 Å². The molecule has 0 atom stereocenters. The summed E-state index contributed by atoms with van der Waals surface area (Å²) in [4.78, 5) is 12.5. The van der Waals surface area contributed by atoms with Crippen molar-refractivity contribution in [1.82, 2.24) is 5.32 Å². The maximum Gasteiger partial charge on any atom is 0.251 e. The topological polar surface area (TPSA) is 75.3 Å². The summed E-state index contributed by atoms with van der Waals surface area (Å²) in [6.45, 7) is 1.81. The first-order valence-electron chi connectivity index (χ1n) is 8.24. The van der Waals surface area contributed by atoms with Crippen LogP contribution in [0.5, 0.6) is 0 Å². The quantitative estimate of drug-likeness (QED) is 0.885. The van der Waals surface area contributed by atoms with E-state index in [-0.39, 0.29) is 11.9 Å². The molecule has 0 spiro atoms. The van der Waals surface area contributed by atoms with E-state index in [0.717, 1.165) is 37.5 Å². The average Bonchev–Trinajstić information content (AvgIpc) is 2.42. The van der Waals surface area contributed by atoms with Crippen molar-refractivity contribution in [2.24, 2.45) is 0 Å². The molecule has 1 fully saturated rings. The first kappa shape index (κ1) is 17.8. The number of aryl methyl sites for hydroxylation is 1. The molecule has 1 saturated carbocycles. The smallest absolute Gasteiger partial charge is 0.251 e. The highest BCUT2D eigenvalue weighted by molar-refractivity contribution is 7.92. The van der Waals surface area contributed by atoms with Gasteiger partial charge in [0, 0.05) is 11.6 Å². The van der Waals surface area contributed by atoms with Gasteiger partial charge in [0.15, 0.2) is 0 Å². The predicted octanol–water partition coefficient (Wildman–Crippen LogP) is 3.21. The Bertz CT molecular complexity index is 648. The standard InChI is InChI=1S/C17H26N2O3S/c1-13-10-11-14(12-16(13)19-23(2,21)22)17(20)18-15-8-6-4-3-5-7-9-15/h10-12,15,19H,3-9H2,1-2H3,(H,18,20). The normalized spacial score (nSPS) is 17.1. The molecule has 0 heterocycles. The van der Waals surface area contributed by atoms with Gasteiger partial charge in [-0.2, -0.15) is 0 Å². The molecule has 0 bridgehead atoms. The number of amides is 1. The summed E-state index contributed by atoms with van der Waals surface area (Å²) >= 11 is 0. The van der Waals surface area contributed by atoms with E-state index in [1.165, 1.54) is 19.3 Å². The Morgan fingerprint density at radius 3 is 2.30 bits per heavy atom. The van der Waals surface area contributed by atoms with Crippen molar-refractivity contribution in [1.29, 1.82) is 0 Å². The lowest BCUT2D eigenvalue weighted by Crippen LogP contribution is -2.35. The van der Waals surface area contributed by atoms with E-state index in [9.17, 15) is 13.2 Å². The van der Waals surface area contributed by atoms with Crippen LogP contribution >= 0.6 is 0 Å². The second-order valence-corrected chi connectivity index (χ2v) is 8.17. The van der Waals surface area contributed by atoms with E-state index in [2.05, 4.69) is 10.0 Å². The van der Waals surface area contributed by atoms with Crippen molar-refractivity contribution in [3.05, 3.63) is 29.3 Å². The molecular formula is C17H26N2O3S.